The largest absolute Gasteiger partial charge is 0.416 e. The van der Waals surface area contributed by atoms with Crippen LogP contribution in [0.2, 0.25) is 0 Å². The van der Waals surface area contributed by atoms with Crippen molar-refractivity contribution in [3.05, 3.63) is 93.7 Å². The molecule has 0 saturated carbocycles. The second-order valence-corrected chi connectivity index (χ2v) is 15.4. The van der Waals surface area contributed by atoms with Crippen LogP contribution in [0.15, 0.2) is 71.4 Å². The minimum atomic E-state index is -4.41. The van der Waals surface area contributed by atoms with Crippen LogP contribution in [0.3, 0.4) is 0 Å². The van der Waals surface area contributed by atoms with Gasteiger partial charge in [-0.2, -0.15) is 36.3 Å². The molecule has 0 radical (unpaired) electrons. The number of aromatic nitrogens is 4. The Morgan fingerprint density at radius 3 is 1.66 bits per heavy atom. The number of thiophene rings is 2. The first-order valence-corrected chi connectivity index (χ1v) is 20.2. The van der Waals surface area contributed by atoms with Crippen molar-refractivity contribution in [2.75, 3.05) is 68.1 Å². The molecular weight excluding hydrogens is 803 g/mol. The molecule has 1 aliphatic heterocycles. The number of likely N-dealkylation sites (tertiary alicyclic amines) is 1. The highest BCUT2D eigenvalue weighted by Crippen LogP contribution is 2.35. The Morgan fingerprint density at radius 1 is 0.690 bits per heavy atom. The fourth-order valence-electron chi connectivity index (χ4n) is 6.19. The van der Waals surface area contributed by atoms with Gasteiger partial charge in [-0.1, -0.05) is 36.4 Å². The molecule has 4 aromatic heterocycles. The van der Waals surface area contributed by atoms with Crippen molar-refractivity contribution in [1.82, 2.24) is 29.7 Å². The van der Waals surface area contributed by atoms with Gasteiger partial charge in [0, 0.05) is 52.2 Å². The lowest BCUT2D eigenvalue weighted by Gasteiger charge is -2.16. The summed E-state index contributed by atoms with van der Waals surface area (Å²) in [6.45, 7) is 3.59. The number of halogens is 6. The molecule has 58 heavy (non-hydrogen) atoms. The van der Waals surface area contributed by atoms with Gasteiger partial charge in [-0.3, -0.25) is 4.79 Å². The van der Waals surface area contributed by atoms with Crippen molar-refractivity contribution < 1.29 is 31.1 Å². The van der Waals surface area contributed by atoms with Crippen molar-refractivity contribution >= 4 is 72.5 Å². The fourth-order valence-corrected chi connectivity index (χ4v) is 7.78. The van der Waals surface area contributed by atoms with E-state index < -0.39 is 23.5 Å². The summed E-state index contributed by atoms with van der Waals surface area (Å²) < 4.78 is 80.9. The van der Waals surface area contributed by atoms with E-state index >= 15 is 0 Å². The summed E-state index contributed by atoms with van der Waals surface area (Å²) in [6, 6.07) is 14.8. The number of rotatable bonds is 15. The van der Waals surface area contributed by atoms with Crippen LogP contribution in [0, 0.1) is 0 Å². The lowest BCUT2D eigenvalue weighted by atomic mass is 10.1. The number of benzene rings is 2. The number of amides is 1. The lowest BCUT2D eigenvalue weighted by molar-refractivity contribution is -0.139. The number of nitrogens with zero attached hydrogens (tertiary/aromatic N) is 6. The zero-order valence-corrected chi connectivity index (χ0v) is 33.3. The van der Waals surface area contributed by atoms with Crippen molar-refractivity contribution in [1.29, 1.82) is 0 Å². The van der Waals surface area contributed by atoms with Gasteiger partial charge in [0.25, 0.3) is 0 Å². The van der Waals surface area contributed by atoms with E-state index in [1.165, 1.54) is 46.9 Å². The quantitative estimate of drug-likeness (QED) is 0.0589. The molecule has 1 fully saturated rings. The van der Waals surface area contributed by atoms with Gasteiger partial charge in [-0.15, -0.1) is 22.7 Å². The van der Waals surface area contributed by atoms with Crippen molar-refractivity contribution in [3.63, 3.8) is 0 Å². The molecule has 19 heteroatoms. The molecule has 7 rings (SSSR count). The number of carbonyl (C=O) groups is 1. The number of hydrogen-bond donors (Lipinski definition) is 4. The molecule has 0 spiro atoms. The van der Waals surface area contributed by atoms with E-state index in [0.717, 1.165) is 58.5 Å². The molecule has 1 aliphatic rings. The Kier molecular flexibility index (Phi) is 13.9. The predicted molar refractivity (Wildman–Crippen MR) is 218 cm³/mol. The van der Waals surface area contributed by atoms with Gasteiger partial charge in [0.2, 0.25) is 17.8 Å². The summed E-state index contributed by atoms with van der Waals surface area (Å²) >= 11 is 2.88. The molecule has 0 atom stereocenters. The summed E-state index contributed by atoms with van der Waals surface area (Å²) in [4.78, 5) is 33.4. The van der Waals surface area contributed by atoms with Gasteiger partial charge in [0.1, 0.15) is 11.6 Å². The van der Waals surface area contributed by atoms with Crippen LogP contribution >= 0.6 is 22.7 Å². The van der Waals surface area contributed by atoms with E-state index in [1.807, 2.05) is 46.8 Å². The predicted octanol–water partition coefficient (Wildman–Crippen LogP) is 9.04. The molecule has 4 N–H and O–H groups in total. The molecule has 0 aliphatic carbocycles. The average Bonchev–Trinajstić information content (AvgIpc) is 3.96. The third-order valence-corrected chi connectivity index (χ3v) is 10.9. The number of likely N-dealkylation sites (N-methyl/N-ethyl adjacent to an activating group) is 1. The normalized spacial score (nSPS) is 13.3. The van der Waals surface area contributed by atoms with Gasteiger partial charge in [-0.25, -0.2) is 9.97 Å². The Bertz CT molecular complexity index is 2300. The van der Waals surface area contributed by atoms with Crippen LogP contribution < -0.4 is 21.3 Å². The number of hydrogen-bond acceptors (Lipinski definition) is 12. The number of alkyl halides is 6. The third-order valence-electron chi connectivity index (χ3n) is 9.05. The topological polar surface area (TPSA) is 123 Å². The first-order chi connectivity index (χ1) is 27.8. The average molecular weight is 845 g/mol. The molecule has 0 unspecified atom stereocenters. The first kappa shape index (κ1) is 42.3. The van der Waals surface area contributed by atoms with Crippen LogP contribution in [0.1, 0.15) is 41.5 Å². The van der Waals surface area contributed by atoms with E-state index in [9.17, 15) is 31.1 Å². The summed E-state index contributed by atoms with van der Waals surface area (Å²) in [7, 11) is 3.94. The second-order valence-electron chi connectivity index (χ2n) is 13.6. The Balaban J connectivity index is 0.000000198. The van der Waals surface area contributed by atoms with Gasteiger partial charge in [0.05, 0.1) is 31.6 Å². The van der Waals surface area contributed by atoms with Gasteiger partial charge < -0.3 is 31.1 Å². The summed E-state index contributed by atoms with van der Waals surface area (Å²) in [5, 5.41) is 16.2. The maximum absolute atomic E-state index is 13.3. The molecule has 2 aromatic carbocycles. The maximum atomic E-state index is 13.3. The van der Waals surface area contributed by atoms with E-state index in [1.54, 1.807) is 12.1 Å². The maximum Gasteiger partial charge on any atom is 0.416 e. The van der Waals surface area contributed by atoms with E-state index in [0.29, 0.717) is 49.6 Å². The SMILES string of the molecule is CN(C)CCNc1nc(NCc2ccccc2C(F)(F)F)c2sccc2n1.O=C1CCCN1CCCNc1nc(NCc2ccccc2C(F)(F)F)c2sccc2n1. The van der Waals surface area contributed by atoms with Crippen LogP contribution in [0.25, 0.3) is 20.4 Å². The highest BCUT2D eigenvalue weighted by atomic mass is 32.1. The molecule has 5 heterocycles. The number of anilines is 4. The van der Waals surface area contributed by atoms with Crippen LogP contribution in [-0.4, -0.2) is 82.5 Å². The second kappa shape index (κ2) is 19.0. The molecule has 11 nitrogen and oxygen atoms in total. The Morgan fingerprint density at radius 2 is 1.19 bits per heavy atom. The molecule has 1 amide bonds. The summed E-state index contributed by atoms with van der Waals surface area (Å²) in [5.74, 6) is 2.08. The minimum absolute atomic E-state index is 0.00376. The number of carbonyl (C=O) groups excluding carboxylic acids is 1. The monoisotopic (exact) mass is 844 g/mol. The molecular formula is C39H42F6N10OS2. The third kappa shape index (κ3) is 11.2. The molecule has 0 bridgehead atoms. The van der Waals surface area contributed by atoms with Crippen molar-refractivity contribution in [3.8, 4) is 0 Å². The highest BCUT2D eigenvalue weighted by molar-refractivity contribution is 7.18. The van der Waals surface area contributed by atoms with Crippen LogP contribution in [0.5, 0.6) is 0 Å². The van der Waals surface area contributed by atoms with Gasteiger partial charge in [-0.05, 0) is 73.1 Å². The van der Waals surface area contributed by atoms with Crippen LogP contribution in [-0.2, 0) is 30.2 Å². The molecule has 6 aromatic rings. The first-order valence-electron chi connectivity index (χ1n) is 18.4. The van der Waals surface area contributed by atoms with Gasteiger partial charge in [0.15, 0.2) is 0 Å². The van der Waals surface area contributed by atoms with Crippen molar-refractivity contribution in [2.24, 2.45) is 0 Å². The standard InChI is InChI=1S/C21H22F3N5OS.C18H20F3N5S/c22-21(23,24)15-6-2-1-5-14(15)13-26-19-18-16(8-12-31-18)27-20(28-19)25-9-4-11-29-10-3-7-17(29)30;1-26(2)9-8-22-17-24-14-7-10-27-15(14)16(25-17)23-11-12-5-3-4-6-13(12)18(19,20)21/h1-2,5-6,8,12H,3-4,7,9-11,13H2,(H2,25,26,27,28);3-7,10H,8-9,11H2,1-2H3,(H2,22,23,24,25). The number of nitrogens with one attached hydrogen (secondary N) is 4. The van der Waals surface area contributed by atoms with Crippen molar-refractivity contribution in [2.45, 2.75) is 44.7 Å². The van der Waals surface area contributed by atoms with E-state index in [-0.39, 0.29) is 30.1 Å². The van der Waals surface area contributed by atoms with E-state index in [2.05, 4.69) is 41.2 Å². The molecule has 308 valence electrons. The molecule has 1 saturated heterocycles. The summed E-state index contributed by atoms with van der Waals surface area (Å²) in [6.07, 6.45) is -6.50. The minimum Gasteiger partial charge on any atom is -0.365 e. The Hall–Kier alpha value is -5.27. The summed E-state index contributed by atoms with van der Waals surface area (Å²) in [5.41, 5.74) is 0.517. The fraction of sp³-hybridized carbons (Fsp3) is 0.359. The zero-order chi connectivity index (χ0) is 41.3. The zero-order valence-electron chi connectivity index (χ0n) is 31.7. The highest BCUT2D eigenvalue weighted by Gasteiger charge is 2.33. The van der Waals surface area contributed by atoms with Crippen LogP contribution in [0.4, 0.5) is 49.9 Å². The lowest BCUT2D eigenvalue weighted by Crippen LogP contribution is -2.27. The van der Waals surface area contributed by atoms with Gasteiger partial charge >= 0.3 is 12.4 Å². The number of fused-ring (bicyclic) bond motifs is 2. The Labute approximate surface area is 338 Å². The van der Waals surface area contributed by atoms with E-state index in [4.69, 9.17) is 0 Å². The smallest absolute Gasteiger partial charge is 0.365 e.